The fraction of sp³-hybridized carbons (Fsp3) is 0.421. The van der Waals surface area contributed by atoms with Gasteiger partial charge in [-0.3, -0.25) is 9.59 Å². The number of carbonyl (C=O) groups is 2. The number of ether oxygens (including phenoxy) is 1. The molecule has 2 amide bonds. The monoisotopic (exact) mass is 356 g/mol. The molecule has 0 aliphatic carbocycles. The number of nitrogens with one attached hydrogen (secondary N) is 2. The van der Waals surface area contributed by atoms with Crippen molar-refractivity contribution in [3.63, 3.8) is 0 Å². The summed E-state index contributed by atoms with van der Waals surface area (Å²) in [6, 6.07) is 7.75. The van der Waals surface area contributed by atoms with Crippen molar-refractivity contribution < 1.29 is 14.3 Å². The van der Waals surface area contributed by atoms with Crippen LogP contribution >= 0.6 is 0 Å². The minimum atomic E-state index is -0.181. The first-order valence-corrected chi connectivity index (χ1v) is 8.85. The second-order valence-corrected chi connectivity index (χ2v) is 6.47. The maximum Gasteiger partial charge on any atom is 0.269 e. The summed E-state index contributed by atoms with van der Waals surface area (Å²) in [6.45, 7) is 1.30. The number of carbonyl (C=O) groups excluding carboxylic acids is 2. The van der Waals surface area contributed by atoms with Gasteiger partial charge in [0, 0.05) is 25.6 Å². The highest BCUT2D eigenvalue weighted by atomic mass is 16.5. The van der Waals surface area contributed by atoms with E-state index in [1.54, 1.807) is 7.11 Å². The van der Waals surface area contributed by atoms with Crippen molar-refractivity contribution >= 4 is 11.8 Å². The van der Waals surface area contributed by atoms with Crippen molar-refractivity contribution in [2.75, 3.05) is 20.2 Å². The largest absolute Gasteiger partial charge is 0.497 e. The van der Waals surface area contributed by atoms with Gasteiger partial charge in [-0.2, -0.15) is 0 Å². The lowest BCUT2D eigenvalue weighted by molar-refractivity contribution is -0.132. The van der Waals surface area contributed by atoms with Crippen molar-refractivity contribution in [3.05, 3.63) is 48.0 Å². The van der Waals surface area contributed by atoms with E-state index in [1.165, 1.54) is 12.5 Å². The highest BCUT2D eigenvalue weighted by molar-refractivity contribution is 5.92. The minimum absolute atomic E-state index is 0.0236. The predicted molar refractivity (Wildman–Crippen MR) is 97.0 cm³/mol. The molecule has 1 fully saturated rings. The lowest BCUT2D eigenvalue weighted by atomic mass is 10.0. The number of hydrogen-bond donors (Lipinski definition) is 2. The van der Waals surface area contributed by atoms with Crippen LogP contribution in [0, 0.1) is 0 Å². The molecule has 1 aliphatic heterocycles. The quantitative estimate of drug-likeness (QED) is 0.826. The summed E-state index contributed by atoms with van der Waals surface area (Å²) in [5.74, 6) is 0.758. The number of aromatic amines is 1. The molecule has 2 heterocycles. The Hall–Kier alpha value is -2.83. The van der Waals surface area contributed by atoms with Gasteiger partial charge in [0.1, 0.15) is 11.4 Å². The number of methoxy groups -OCH3 is 1. The number of nitrogens with zero attached hydrogens (tertiary/aromatic N) is 2. The van der Waals surface area contributed by atoms with Gasteiger partial charge in [0.05, 0.1) is 19.6 Å². The van der Waals surface area contributed by atoms with Crippen LogP contribution in [0.1, 0.15) is 35.3 Å². The number of imidazole rings is 1. The first-order valence-electron chi connectivity index (χ1n) is 8.85. The maximum absolute atomic E-state index is 12.5. The number of benzene rings is 1. The maximum atomic E-state index is 12.5. The molecule has 0 radical (unpaired) electrons. The Labute approximate surface area is 152 Å². The SMILES string of the molecule is COc1ccc(CCC(=O)N2CCC[C@@H](NC(=O)c3cnc[nH]3)C2)cc1. The Balaban J connectivity index is 1.48. The molecule has 1 aromatic heterocycles. The minimum Gasteiger partial charge on any atom is -0.497 e. The molecule has 1 atom stereocenters. The summed E-state index contributed by atoms with van der Waals surface area (Å²) in [6.07, 6.45) is 5.91. The van der Waals surface area contributed by atoms with Crippen LogP contribution < -0.4 is 10.1 Å². The van der Waals surface area contributed by atoms with Crippen LogP contribution in [0.25, 0.3) is 0 Å². The Morgan fingerprint density at radius 1 is 1.35 bits per heavy atom. The number of aryl methyl sites for hydroxylation is 1. The summed E-state index contributed by atoms with van der Waals surface area (Å²) in [7, 11) is 1.64. The normalized spacial score (nSPS) is 17.0. The Morgan fingerprint density at radius 3 is 2.85 bits per heavy atom. The van der Waals surface area contributed by atoms with Crippen LogP contribution in [0.3, 0.4) is 0 Å². The Kier molecular flexibility index (Phi) is 5.88. The number of amides is 2. The number of piperidine rings is 1. The fourth-order valence-electron chi connectivity index (χ4n) is 3.17. The van der Waals surface area contributed by atoms with Crippen LogP contribution in [0.15, 0.2) is 36.8 Å². The summed E-state index contributed by atoms with van der Waals surface area (Å²) >= 11 is 0. The van der Waals surface area contributed by atoms with Crippen LogP contribution in [-0.2, 0) is 11.2 Å². The average Bonchev–Trinajstić information content (AvgIpc) is 3.22. The number of aromatic nitrogens is 2. The zero-order valence-electron chi connectivity index (χ0n) is 14.9. The molecule has 1 aliphatic rings. The second-order valence-electron chi connectivity index (χ2n) is 6.47. The molecule has 0 bridgehead atoms. The highest BCUT2D eigenvalue weighted by Gasteiger charge is 2.25. The summed E-state index contributed by atoms with van der Waals surface area (Å²) in [4.78, 5) is 33.1. The van der Waals surface area contributed by atoms with Crippen molar-refractivity contribution in [1.29, 1.82) is 0 Å². The van der Waals surface area contributed by atoms with Gasteiger partial charge >= 0.3 is 0 Å². The van der Waals surface area contributed by atoms with Gasteiger partial charge in [-0.1, -0.05) is 12.1 Å². The van der Waals surface area contributed by atoms with Gasteiger partial charge in [-0.15, -0.1) is 0 Å². The first-order chi connectivity index (χ1) is 12.7. The molecule has 0 spiro atoms. The highest BCUT2D eigenvalue weighted by Crippen LogP contribution is 2.15. The van der Waals surface area contributed by atoms with E-state index < -0.39 is 0 Å². The number of H-pyrrole nitrogens is 1. The number of likely N-dealkylation sites (tertiary alicyclic amines) is 1. The van der Waals surface area contributed by atoms with Gasteiger partial charge in [-0.05, 0) is 37.0 Å². The molecule has 0 saturated carbocycles. The van der Waals surface area contributed by atoms with Gasteiger partial charge in [0.15, 0.2) is 0 Å². The topological polar surface area (TPSA) is 87.3 Å². The lowest BCUT2D eigenvalue weighted by Crippen LogP contribution is -2.49. The molecule has 2 N–H and O–H groups in total. The molecule has 7 nitrogen and oxygen atoms in total. The van der Waals surface area contributed by atoms with E-state index in [0.717, 1.165) is 30.7 Å². The molecular weight excluding hydrogens is 332 g/mol. The van der Waals surface area contributed by atoms with Gasteiger partial charge in [-0.25, -0.2) is 4.98 Å². The molecule has 138 valence electrons. The van der Waals surface area contributed by atoms with Crippen molar-refractivity contribution in [2.45, 2.75) is 31.7 Å². The zero-order chi connectivity index (χ0) is 18.4. The van der Waals surface area contributed by atoms with Gasteiger partial charge in [0.2, 0.25) is 5.91 Å². The first kappa shape index (κ1) is 18.0. The van der Waals surface area contributed by atoms with Crippen LogP contribution in [0.2, 0.25) is 0 Å². The van der Waals surface area contributed by atoms with E-state index in [-0.39, 0.29) is 17.9 Å². The number of rotatable bonds is 6. The van der Waals surface area contributed by atoms with Gasteiger partial charge < -0.3 is 19.9 Å². The number of hydrogen-bond acceptors (Lipinski definition) is 4. The van der Waals surface area contributed by atoms with E-state index in [4.69, 9.17) is 4.74 Å². The van der Waals surface area contributed by atoms with Crippen LogP contribution in [0.4, 0.5) is 0 Å². The van der Waals surface area contributed by atoms with Crippen molar-refractivity contribution in [1.82, 2.24) is 20.2 Å². The van der Waals surface area contributed by atoms with E-state index in [9.17, 15) is 9.59 Å². The molecule has 3 rings (SSSR count). The standard InChI is InChI=1S/C19H24N4O3/c1-26-16-7-4-14(5-8-16)6-9-18(24)23-10-2-3-15(12-23)22-19(25)17-11-20-13-21-17/h4-5,7-8,11,13,15H,2-3,6,9-10,12H2,1H3,(H,20,21)(H,22,25)/t15-/m1/s1. The molecule has 2 aromatic rings. The summed E-state index contributed by atoms with van der Waals surface area (Å²) in [5, 5.41) is 2.97. The third-order valence-electron chi connectivity index (χ3n) is 4.64. The van der Waals surface area contributed by atoms with Crippen molar-refractivity contribution in [3.8, 4) is 5.75 Å². The molecular formula is C19H24N4O3. The second kappa shape index (κ2) is 8.51. The van der Waals surface area contributed by atoms with Crippen molar-refractivity contribution in [2.24, 2.45) is 0 Å². The molecule has 26 heavy (non-hydrogen) atoms. The summed E-state index contributed by atoms with van der Waals surface area (Å²) < 4.78 is 5.14. The smallest absolute Gasteiger partial charge is 0.269 e. The third kappa shape index (κ3) is 4.62. The molecule has 0 unspecified atom stereocenters. The van der Waals surface area contributed by atoms with Gasteiger partial charge in [0.25, 0.3) is 5.91 Å². The van der Waals surface area contributed by atoms with Crippen LogP contribution in [-0.4, -0.2) is 52.9 Å². The average molecular weight is 356 g/mol. The van der Waals surface area contributed by atoms with E-state index in [2.05, 4.69) is 15.3 Å². The molecule has 1 saturated heterocycles. The fourth-order valence-corrected chi connectivity index (χ4v) is 3.17. The zero-order valence-corrected chi connectivity index (χ0v) is 14.9. The Morgan fingerprint density at radius 2 is 2.15 bits per heavy atom. The summed E-state index contributed by atoms with van der Waals surface area (Å²) in [5.41, 5.74) is 1.55. The lowest BCUT2D eigenvalue weighted by Gasteiger charge is -2.33. The predicted octanol–water partition coefficient (Wildman–Crippen LogP) is 1.77. The van der Waals surface area contributed by atoms with Crippen LogP contribution in [0.5, 0.6) is 5.75 Å². The van der Waals surface area contributed by atoms with E-state index in [0.29, 0.717) is 25.1 Å². The van der Waals surface area contributed by atoms with E-state index in [1.807, 2.05) is 29.2 Å². The Bertz CT molecular complexity index is 728. The third-order valence-corrected chi connectivity index (χ3v) is 4.64. The molecule has 7 heteroatoms. The molecule has 1 aromatic carbocycles. The van der Waals surface area contributed by atoms with E-state index >= 15 is 0 Å².